The molecule has 0 radical (unpaired) electrons. The number of nitrogens with zero attached hydrogens (tertiary/aromatic N) is 4. The van der Waals surface area contributed by atoms with E-state index in [1.807, 2.05) is 18.2 Å². The van der Waals surface area contributed by atoms with E-state index >= 15 is 8.78 Å². The zero-order valence-electron chi connectivity index (χ0n) is 32.3. The molecule has 6 heterocycles. The van der Waals surface area contributed by atoms with E-state index < -0.39 is 31.4 Å². The van der Waals surface area contributed by atoms with E-state index in [1.165, 1.54) is 12.1 Å². The zero-order chi connectivity index (χ0) is 38.1. The van der Waals surface area contributed by atoms with Crippen LogP contribution in [0.1, 0.15) is 79.2 Å². The average Bonchev–Trinajstić information content (AvgIpc) is 3.66. The standard InChI is InChI=1S/C43H52F3N5O2Si/c1-25(2)54(26(3)4,27(5)6)16-13-28-9-7-10-29-17-33(52)18-34(37(28)29)38-36(45)19-35-40(39(38)46)48-42(49-41(35)51-23-31-11-12-32(51)21-47-31)53-24-43-14-8-15-50(43)22-30(44)20-43/h7,9-10,17-19,25-27,30-32,47,52H,8,11-12,14-15,20-24H2,1-6H3/t30-,31+,32?,43+/m1/s1. The first kappa shape index (κ1) is 37.1. The summed E-state index contributed by atoms with van der Waals surface area (Å²) in [5, 5.41) is 16.0. The molecule has 54 heavy (non-hydrogen) atoms. The third kappa shape index (κ3) is 6.13. The average molecular weight is 756 g/mol. The normalized spacial score (nSPS) is 24.3. The number of ether oxygens (including phenoxy) is 1. The first-order chi connectivity index (χ1) is 25.8. The van der Waals surface area contributed by atoms with Gasteiger partial charge in [-0.3, -0.25) is 4.90 Å². The summed E-state index contributed by atoms with van der Waals surface area (Å²) < 4.78 is 55.2. The maximum Gasteiger partial charge on any atom is 0.319 e. The van der Waals surface area contributed by atoms with Gasteiger partial charge in [-0.2, -0.15) is 9.97 Å². The Bertz CT molecular complexity index is 2140. The highest BCUT2D eigenvalue weighted by Gasteiger charge is 2.49. The summed E-state index contributed by atoms with van der Waals surface area (Å²) in [4.78, 5) is 13.8. The number of piperidine rings is 2. The van der Waals surface area contributed by atoms with Crippen LogP contribution in [0.2, 0.25) is 16.6 Å². The van der Waals surface area contributed by atoms with E-state index in [0.717, 1.165) is 38.8 Å². The number of anilines is 1. The summed E-state index contributed by atoms with van der Waals surface area (Å²) in [5.41, 5.74) is 5.06. The molecule has 0 amide bonds. The largest absolute Gasteiger partial charge is 0.508 e. The van der Waals surface area contributed by atoms with Crippen molar-refractivity contribution in [3.8, 4) is 34.4 Å². The minimum absolute atomic E-state index is 0.00317. The molecule has 0 spiro atoms. The number of nitrogens with one attached hydrogen (secondary N) is 1. The highest BCUT2D eigenvalue weighted by molar-refractivity contribution is 6.90. The van der Waals surface area contributed by atoms with Gasteiger partial charge in [0.2, 0.25) is 0 Å². The Hall–Kier alpha value is -3.85. The number of benzene rings is 3. The number of phenols is 1. The minimum Gasteiger partial charge on any atom is -0.508 e. The van der Waals surface area contributed by atoms with Crippen molar-refractivity contribution in [1.82, 2.24) is 20.2 Å². The number of fused-ring (bicyclic) bond motifs is 6. The van der Waals surface area contributed by atoms with Crippen LogP contribution in [0, 0.1) is 23.1 Å². The maximum absolute atomic E-state index is 17.4. The Kier molecular flexibility index (Phi) is 9.63. The van der Waals surface area contributed by atoms with Gasteiger partial charge in [-0.15, -0.1) is 5.54 Å². The highest BCUT2D eigenvalue weighted by Crippen LogP contribution is 2.45. The first-order valence-electron chi connectivity index (χ1n) is 19.8. The maximum atomic E-state index is 17.4. The van der Waals surface area contributed by atoms with Gasteiger partial charge in [0.1, 0.15) is 43.8 Å². The van der Waals surface area contributed by atoms with Crippen molar-refractivity contribution in [3.05, 3.63) is 53.6 Å². The van der Waals surface area contributed by atoms with Crippen LogP contribution in [-0.4, -0.2) is 84.6 Å². The summed E-state index contributed by atoms with van der Waals surface area (Å²) in [5.74, 6) is 2.22. The lowest BCUT2D eigenvalue weighted by Gasteiger charge is -2.46. The molecule has 286 valence electrons. The molecule has 5 saturated heterocycles. The molecule has 2 N–H and O–H groups in total. The molecule has 2 bridgehead atoms. The number of phenolic OH excluding ortho intramolecular Hbond substituents is 1. The van der Waals surface area contributed by atoms with Gasteiger partial charge in [0, 0.05) is 60.0 Å². The second kappa shape index (κ2) is 14.0. The summed E-state index contributed by atoms with van der Waals surface area (Å²) >= 11 is 0. The Balaban J connectivity index is 1.30. The minimum atomic E-state index is -2.15. The van der Waals surface area contributed by atoms with E-state index in [-0.39, 0.29) is 52.5 Å². The predicted octanol–water partition coefficient (Wildman–Crippen LogP) is 8.90. The second-order valence-corrected chi connectivity index (χ2v) is 22.8. The fourth-order valence-corrected chi connectivity index (χ4v) is 15.8. The van der Waals surface area contributed by atoms with E-state index in [4.69, 9.17) is 9.72 Å². The van der Waals surface area contributed by atoms with Crippen molar-refractivity contribution < 1.29 is 23.0 Å². The monoisotopic (exact) mass is 755 g/mol. The lowest BCUT2D eigenvalue weighted by molar-refractivity contribution is 0.107. The fourth-order valence-electron chi connectivity index (χ4n) is 10.6. The SMILES string of the molecule is CC(C)[Si](C#Cc1cccc2cc(O)cc(-c3c(F)cc4c(N5C[C@@H]6CCC5CN6)nc(OC[C@@]56CCCN5C[C@H](F)C6)nc4c3F)c12)(C(C)C)C(C)C. The third-order valence-corrected chi connectivity index (χ3v) is 19.5. The van der Waals surface area contributed by atoms with Crippen LogP contribution in [0.15, 0.2) is 36.4 Å². The number of aromatic hydroxyl groups is 1. The van der Waals surface area contributed by atoms with Crippen LogP contribution >= 0.6 is 0 Å². The molecule has 0 aliphatic carbocycles. The number of hydrogen-bond donors (Lipinski definition) is 2. The van der Waals surface area contributed by atoms with E-state index in [0.29, 0.717) is 58.3 Å². The molecule has 1 unspecified atom stereocenters. The van der Waals surface area contributed by atoms with Crippen molar-refractivity contribution in [1.29, 1.82) is 0 Å². The second-order valence-electron chi connectivity index (χ2n) is 17.2. The molecule has 9 rings (SSSR count). The molecule has 7 nitrogen and oxygen atoms in total. The first-order valence-corrected chi connectivity index (χ1v) is 22.1. The fraction of sp³-hybridized carbons (Fsp3) is 0.535. The Morgan fingerprint density at radius 1 is 1.04 bits per heavy atom. The van der Waals surface area contributed by atoms with Crippen molar-refractivity contribution in [2.24, 2.45) is 0 Å². The lowest BCUT2D eigenvalue weighted by Crippen LogP contribution is -2.61. The Morgan fingerprint density at radius 2 is 1.81 bits per heavy atom. The molecular weight excluding hydrogens is 704 g/mol. The van der Waals surface area contributed by atoms with Gasteiger partial charge >= 0.3 is 6.01 Å². The van der Waals surface area contributed by atoms with Crippen LogP contribution in [-0.2, 0) is 0 Å². The molecule has 5 aliphatic heterocycles. The van der Waals surface area contributed by atoms with Gasteiger partial charge in [0.25, 0.3) is 0 Å². The van der Waals surface area contributed by atoms with Gasteiger partial charge in [-0.25, -0.2) is 13.2 Å². The topological polar surface area (TPSA) is 73.8 Å². The van der Waals surface area contributed by atoms with Crippen LogP contribution < -0.4 is 15.0 Å². The molecule has 0 saturated carbocycles. The van der Waals surface area contributed by atoms with Gasteiger partial charge in [0.15, 0.2) is 5.82 Å². The number of rotatable bonds is 8. The van der Waals surface area contributed by atoms with E-state index in [2.05, 4.69) is 73.1 Å². The molecule has 11 heteroatoms. The van der Waals surface area contributed by atoms with Crippen molar-refractivity contribution >= 4 is 35.6 Å². The van der Waals surface area contributed by atoms with Gasteiger partial charge in [-0.05, 0) is 78.5 Å². The van der Waals surface area contributed by atoms with Crippen LogP contribution in [0.4, 0.5) is 19.0 Å². The molecule has 5 fully saturated rings. The number of aromatic nitrogens is 2. The molecule has 3 aromatic carbocycles. The van der Waals surface area contributed by atoms with Crippen LogP contribution in [0.25, 0.3) is 32.8 Å². The number of piperazine rings is 1. The van der Waals surface area contributed by atoms with Gasteiger partial charge in [-0.1, -0.05) is 59.6 Å². The Morgan fingerprint density at radius 3 is 2.50 bits per heavy atom. The predicted molar refractivity (Wildman–Crippen MR) is 213 cm³/mol. The van der Waals surface area contributed by atoms with E-state index in [9.17, 15) is 9.50 Å². The zero-order valence-corrected chi connectivity index (χ0v) is 33.3. The van der Waals surface area contributed by atoms with Gasteiger partial charge < -0.3 is 20.1 Å². The molecule has 4 atom stereocenters. The number of halogens is 3. The van der Waals surface area contributed by atoms with Crippen molar-refractivity contribution in [3.63, 3.8) is 0 Å². The Labute approximate surface area is 317 Å². The molecule has 5 aliphatic rings. The van der Waals surface area contributed by atoms with Crippen molar-refractivity contribution in [2.75, 3.05) is 37.7 Å². The lowest BCUT2D eigenvalue weighted by atomic mass is 9.91. The van der Waals surface area contributed by atoms with Crippen LogP contribution in [0.5, 0.6) is 11.8 Å². The number of hydrogen-bond acceptors (Lipinski definition) is 7. The van der Waals surface area contributed by atoms with Crippen LogP contribution in [0.3, 0.4) is 0 Å². The van der Waals surface area contributed by atoms with E-state index in [1.54, 1.807) is 6.07 Å². The third-order valence-electron chi connectivity index (χ3n) is 13.2. The summed E-state index contributed by atoms with van der Waals surface area (Å²) in [7, 11) is -2.15. The molecule has 1 aromatic heterocycles. The number of alkyl halides is 1. The quantitative estimate of drug-likeness (QED) is 0.138. The summed E-state index contributed by atoms with van der Waals surface area (Å²) in [6.07, 6.45) is 3.18. The highest BCUT2D eigenvalue weighted by atomic mass is 28.3. The summed E-state index contributed by atoms with van der Waals surface area (Å²) in [6, 6.07) is 10.3. The molecular formula is C43H52F3N5O2Si. The summed E-state index contributed by atoms with van der Waals surface area (Å²) in [6.45, 7) is 16.3. The molecule has 4 aromatic rings. The van der Waals surface area contributed by atoms with Crippen molar-refractivity contribution in [2.45, 2.75) is 114 Å². The van der Waals surface area contributed by atoms with Gasteiger partial charge in [0.05, 0.1) is 11.1 Å². The smallest absolute Gasteiger partial charge is 0.319 e.